The Morgan fingerprint density at radius 2 is 0.909 bits per heavy atom. The Bertz CT molecular complexity index is 311. The van der Waals surface area contributed by atoms with Gasteiger partial charge in [0.2, 0.25) is 0 Å². The molecule has 0 aliphatic heterocycles. The molecular weight excluding hydrogens is 330 g/mol. The van der Waals surface area contributed by atoms with Crippen molar-refractivity contribution in [3.05, 3.63) is 0 Å². The van der Waals surface area contributed by atoms with Crippen LogP contribution >= 0.6 is 35.3 Å². The molecule has 122 valence electrons. The van der Waals surface area contributed by atoms with Crippen molar-refractivity contribution >= 4 is 35.3 Å². The van der Waals surface area contributed by atoms with Crippen molar-refractivity contribution < 1.29 is 0 Å². The Labute approximate surface area is 148 Å². The predicted octanol–water partition coefficient (Wildman–Crippen LogP) is 4.71. The third-order valence-electron chi connectivity index (χ3n) is 2.79. The molecule has 6 heteroatoms. The molecule has 3 nitrogen and oxygen atoms in total. The average Bonchev–Trinajstić information content (AvgIpc) is 2.53. The van der Waals surface area contributed by atoms with Crippen molar-refractivity contribution in [1.29, 1.82) is 15.8 Å². The van der Waals surface area contributed by atoms with Crippen molar-refractivity contribution in [1.82, 2.24) is 0 Å². The van der Waals surface area contributed by atoms with E-state index in [1.54, 1.807) is 0 Å². The first-order valence-corrected chi connectivity index (χ1v) is 11.2. The van der Waals surface area contributed by atoms with Gasteiger partial charge in [-0.15, -0.1) is 0 Å². The molecule has 0 aromatic rings. The van der Waals surface area contributed by atoms with Crippen molar-refractivity contribution in [2.24, 2.45) is 5.92 Å². The largest absolute Gasteiger partial charge is 0.198 e. The van der Waals surface area contributed by atoms with Crippen LogP contribution in [0.4, 0.5) is 0 Å². The fourth-order valence-electron chi connectivity index (χ4n) is 1.65. The van der Waals surface area contributed by atoms with Crippen LogP contribution in [0, 0.1) is 39.9 Å². The molecule has 0 aliphatic rings. The number of hydrogen-bond acceptors (Lipinski definition) is 6. The molecule has 0 radical (unpaired) electrons. The minimum atomic E-state index is 0.656. The fraction of sp³-hybridized carbons (Fsp3) is 0.812. The van der Waals surface area contributed by atoms with Gasteiger partial charge in [0.15, 0.2) is 0 Å². The number of unbranched alkanes of at least 4 members (excludes halogenated alkanes) is 3. The Kier molecular flexibility index (Phi) is 18.2. The number of thioether (sulfide) groups is 3. The summed E-state index contributed by atoms with van der Waals surface area (Å²) in [5.74, 6) is 7.37. The molecule has 0 amide bonds. The summed E-state index contributed by atoms with van der Waals surface area (Å²) < 4.78 is 0. The number of nitriles is 3. The molecular formula is C16H25N3S3. The summed E-state index contributed by atoms with van der Waals surface area (Å²) in [6.07, 6.45) is 4.92. The first-order chi connectivity index (χ1) is 10.8. The number of rotatable bonds is 15. The van der Waals surface area contributed by atoms with Gasteiger partial charge in [0.1, 0.15) is 0 Å². The second kappa shape index (κ2) is 18.6. The average molecular weight is 356 g/mol. The van der Waals surface area contributed by atoms with Gasteiger partial charge in [0.05, 0.1) is 18.2 Å². The van der Waals surface area contributed by atoms with Gasteiger partial charge in [-0.3, -0.25) is 0 Å². The van der Waals surface area contributed by atoms with Crippen LogP contribution in [0.15, 0.2) is 0 Å². The minimum Gasteiger partial charge on any atom is -0.198 e. The van der Waals surface area contributed by atoms with Crippen LogP contribution in [0.1, 0.15) is 38.5 Å². The normalized spacial score (nSPS) is 10.1. The van der Waals surface area contributed by atoms with Gasteiger partial charge in [-0.25, -0.2) is 0 Å². The molecule has 0 heterocycles. The molecule has 0 spiro atoms. The maximum atomic E-state index is 8.54. The van der Waals surface area contributed by atoms with Crippen molar-refractivity contribution in [2.45, 2.75) is 38.5 Å². The lowest BCUT2D eigenvalue weighted by Crippen LogP contribution is -2.12. The number of hydrogen-bond donors (Lipinski definition) is 0. The van der Waals surface area contributed by atoms with Crippen LogP contribution in [-0.2, 0) is 0 Å². The van der Waals surface area contributed by atoms with Crippen molar-refractivity contribution in [3.8, 4) is 18.2 Å². The van der Waals surface area contributed by atoms with E-state index in [2.05, 4.69) is 18.2 Å². The standard InChI is InChI=1S/C16H25N3S3/c17-7-1-4-10-20-13-16(14-21-11-5-2-8-18)15-22-12-6-3-9-19/h16H,1-6,10-15H2. The SMILES string of the molecule is N#CCCCSCC(CSCCCC#N)CSCCCC#N. The summed E-state index contributed by atoms with van der Waals surface area (Å²) in [4.78, 5) is 0. The van der Waals surface area contributed by atoms with Gasteiger partial charge in [0, 0.05) is 19.3 Å². The zero-order valence-corrected chi connectivity index (χ0v) is 15.6. The molecule has 0 aliphatic carbocycles. The van der Waals surface area contributed by atoms with Gasteiger partial charge < -0.3 is 0 Å². The Morgan fingerprint density at radius 1 is 0.591 bits per heavy atom. The van der Waals surface area contributed by atoms with E-state index < -0.39 is 0 Å². The molecule has 0 aromatic carbocycles. The maximum absolute atomic E-state index is 8.54. The van der Waals surface area contributed by atoms with E-state index in [0.717, 1.165) is 53.8 Å². The van der Waals surface area contributed by atoms with E-state index >= 15 is 0 Å². The minimum absolute atomic E-state index is 0.656. The quantitative estimate of drug-likeness (QED) is 0.396. The molecule has 0 rings (SSSR count). The Morgan fingerprint density at radius 3 is 1.18 bits per heavy atom. The summed E-state index contributed by atoms with van der Waals surface area (Å²) in [7, 11) is 0. The van der Waals surface area contributed by atoms with Gasteiger partial charge in [-0.05, 0) is 59.7 Å². The molecule has 0 saturated carbocycles. The molecule has 0 saturated heterocycles. The van der Waals surface area contributed by atoms with Crippen LogP contribution in [0.2, 0.25) is 0 Å². The lowest BCUT2D eigenvalue weighted by atomic mass is 10.3. The number of nitrogens with zero attached hydrogens (tertiary/aromatic N) is 3. The van der Waals surface area contributed by atoms with Gasteiger partial charge in [0.25, 0.3) is 0 Å². The molecule has 0 bridgehead atoms. The van der Waals surface area contributed by atoms with E-state index in [1.807, 2.05) is 35.3 Å². The highest BCUT2D eigenvalue weighted by Crippen LogP contribution is 2.21. The van der Waals surface area contributed by atoms with Crippen LogP contribution < -0.4 is 0 Å². The molecule has 0 aromatic heterocycles. The highest BCUT2D eigenvalue weighted by Gasteiger charge is 2.09. The Balaban J connectivity index is 3.80. The first kappa shape index (κ1) is 21.5. The van der Waals surface area contributed by atoms with E-state index in [9.17, 15) is 0 Å². The molecule has 22 heavy (non-hydrogen) atoms. The summed E-state index contributed by atoms with van der Waals surface area (Å²) in [5, 5.41) is 25.6. The van der Waals surface area contributed by atoms with Crippen LogP contribution in [0.3, 0.4) is 0 Å². The molecule has 0 unspecified atom stereocenters. The van der Waals surface area contributed by atoms with Crippen molar-refractivity contribution in [3.63, 3.8) is 0 Å². The van der Waals surface area contributed by atoms with Gasteiger partial charge in [-0.1, -0.05) is 0 Å². The van der Waals surface area contributed by atoms with Crippen LogP contribution in [-0.4, -0.2) is 34.5 Å². The van der Waals surface area contributed by atoms with Crippen LogP contribution in [0.25, 0.3) is 0 Å². The second-order valence-corrected chi connectivity index (χ2v) is 8.33. The van der Waals surface area contributed by atoms with E-state index in [0.29, 0.717) is 25.2 Å². The van der Waals surface area contributed by atoms with E-state index in [1.165, 1.54) is 0 Å². The third-order valence-corrected chi connectivity index (χ3v) is 6.65. The monoisotopic (exact) mass is 355 g/mol. The second-order valence-electron chi connectivity index (χ2n) is 4.88. The summed E-state index contributed by atoms with van der Waals surface area (Å²) in [6, 6.07) is 6.57. The fourth-order valence-corrected chi connectivity index (χ4v) is 5.35. The van der Waals surface area contributed by atoms with Crippen LogP contribution in [0.5, 0.6) is 0 Å². The smallest absolute Gasteiger partial charge is 0.0622 e. The highest BCUT2D eigenvalue weighted by atomic mass is 32.2. The lowest BCUT2D eigenvalue weighted by molar-refractivity contribution is 0.774. The molecule has 0 fully saturated rings. The topological polar surface area (TPSA) is 71.4 Å². The van der Waals surface area contributed by atoms with Crippen molar-refractivity contribution in [2.75, 3.05) is 34.5 Å². The molecule has 0 N–H and O–H groups in total. The molecule has 0 atom stereocenters. The summed E-state index contributed by atoms with van der Waals surface area (Å²) >= 11 is 5.87. The zero-order valence-electron chi connectivity index (χ0n) is 13.1. The summed E-state index contributed by atoms with van der Waals surface area (Å²) in [5.41, 5.74) is 0. The third kappa shape index (κ3) is 15.9. The van der Waals surface area contributed by atoms with E-state index in [4.69, 9.17) is 15.8 Å². The zero-order chi connectivity index (χ0) is 16.3. The summed E-state index contributed by atoms with van der Waals surface area (Å²) in [6.45, 7) is 0. The maximum Gasteiger partial charge on any atom is 0.0622 e. The lowest BCUT2D eigenvalue weighted by Gasteiger charge is -2.15. The van der Waals surface area contributed by atoms with Gasteiger partial charge >= 0.3 is 0 Å². The Hall–Kier alpha value is -0.480. The first-order valence-electron chi connectivity index (χ1n) is 7.69. The van der Waals surface area contributed by atoms with Gasteiger partial charge in [-0.2, -0.15) is 51.1 Å². The van der Waals surface area contributed by atoms with E-state index in [-0.39, 0.29) is 0 Å². The highest BCUT2D eigenvalue weighted by molar-refractivity contribution is 8.01. The predicted molar refractivity (Wildman–Crippen MR) is 100 cm³/mol.